The van der Waals surface area contributed by atoms with E-state index in [1.807, 2.05) is 38.1 Å². The summed E-state index contributed by atoms with van der Waals surface area (Å²) in [6, 6.07) is 7.82. The van der Waals surface area contributed by atoms with Crippen LogP contribution in [0, 0.1) is 18.8 Å². The molecule has 5 heteroatoms. The van der Waals surface area contributed by atoms with Crippen molar-refractivity contribution in [2.45, 2.75) is 52.1 Å². The maximum Gasteiger partial charge on any atom is 0.308 e. The van der Waals surface area contributed by atoms with Gasteiger partial charge in [0.05, 0.1) is 18.3 Å². The summed E-state index contributed by atoms with van der Waals surface area (Å²) < 4.78 is 5.44. The lowest BCUT2D eigenvalue weighted by Crippen LogP contribution is -2.33. The Morgan fingerprint density at radius 3 is 2.24 bits per heavy atom. The zero-order valence-electron chi connectivity index (χ0n) is 14.9. The third-order valence-electron chi connectivity index (χ3n) is 5.33. The molecule has 3 rings (SSSR count). The molecule has 1 heterocycles. The number of imide groups is 1. The van der Waals surface area contributed by atoms with E-state index in [9.17, 15) is 14.4 Å². The molecule has 1 aliphatic heterocycles. The van der Waals surface area contributed by atoms with Crippen LogP contribution in [0.2, 0.25) is 0 Å². The smallest absolute Gasteiger partial charge is 0.308 e. The summed E-state index contributed by atoms with van der Waals surface area (Å²) >= 11 is 0. The highest BCUT2D eigenvalue weighted by atomic mass is 16.5. The molecule has 2 aliphatic rings. The van der Waals surface area contributed by atoms with E-state index in [1.54, 1.807) is 0 Å². The maximum atomic E-state index is 12.4. The molecule has 134 valence electrons. The average molecular weight is 343 g/mol. The van der Waals surface area contributed by atoms with Gasteiger partial charge in [-0.1, -0.05) is 42.7 Å². The molecular weight excluding hydrogens is 318 g/mol. The number of fused-ring (bicyclic) bond motifs is 1. The van der Waals surface area contributed by atoms with Crippen LogP contribution in [0.4, 0.5) is 0 Å². The van der Waals surface area contributed by atoms with E-state index in [2.05, 4.69) is 0 Å². The third kappa shape index (κ3) is 3.75. The van der Waals surface area contributed by atoms with Gasteiger partial charge in [-0.3, -0.25) is 19.3 Å². The fraction of sp³-hybridized carbons (Fsp3) is 0.550. The van der Waals surface area contributed by atoms with Crippen LogP contribution in [0.1, 0.15) is 56.3 Å². The molecule has 1 aliphatic carbocycles. The van der Waals surface area contributed by atoms with Crippen LogP contribution in [0.25, 0.3) is 0 Å². The highest BCUT2D eigenvalue weighted by molar-refractivity contribution is 6.05. The Balaban J connectivity index is 1.52. The molecule has 0 bridgehead atoms. The van der Waals surface area contributed by atoms with Crippen LogP contribution >= 0.6 is 0 Å². The number of rotatable bonds is 5. The number of benzene rings is 1. The summed E-state index contributed by atoms with van der Waals surface area (Å²) in [6.07, 6.45) is 3.29. The molecule has 1 aromatic rings. The lowest BCUT2D eigenvalue weighted by molar-refractivity contribution is -0.149. The predicted molar refractivity (Wildman–Crippen MR) is 92.5 cm³/mol. The Bertz CT molecular complexity index is 643. The first-order valence-corrected chi connectivity index (χ1v) is 9.08. The molecule has 0 unspecified atom stereocenters. The van der Waals surface area contributed by atoms with Crippen molar-refractivity contribution in [3.05, 3.63) is 35.4 Å². The fourth-order valence-corrected chi connectivity index (χ4v) is 3.82. The van der Waals surface area contributed by atoms with Crippen molar-refractivity contribution in [2.75, 3.05) is 6.54 Å². The monoisotopic (exact) mass is 343 g/mol. The topological polar surface area (TPSA) is 63.7 Å². The number of esters is 1. The Morgan fingerprint density at radius 2 is 1.68 bits per heavy atom. The van der Waals surface area contributed by atoms with Gasteiger partial charge in [-0.15, -0.1) is 0 Å². The van der Waals surface area contributed by atoms with E-state index in [1.165, 1.54) is 4.90 Å². The van der Waals surface area contributed by atoms with Crippen molar-refractivity contribution in [1.29, 1.82) is 0 Å². The van der Waals surface area contributed by atoms with Crippen molar-refractivity contribution in [2.24, 2.45) is 11.8 Å². The maximum absolute atomic E-state index is 12.4. The van der Waals surface area contributed by atoms with Gasteiger partial charge in [0.1, 0.15) is 6.10 Å². The average Bonchev–Trinajstić information content (AvgIpc) is 2.85. The van der Waals surface area contributed by atoms with E-state index in [-0.39, 0.29) is 48.7 Å². The van der Waals surface area contributed by atoms with Gasteiger partial charge in [0.15, 0.2) is 0 Å². The van der Waals surface area contributed by atoms with Gasteiger partial charge in [0.25, 0.3) is 0 Å². The van der Waals surface area contributed by atoms with Crippen molar-refractivity contribution in [3.8, 4) is 0 Å². The summed E-state index contributed by atoms with van der Waals surface area (Å²) in [5.41, 5.74) is 2.08. The summed E-state index contributed by atoms with van der Waals surface area (Å²) in [5.74, 6) is -0.917. The molecule has 2 amide bonds. The van der Waals surface area contributed by atoms with Crippen LogP contribution < -0.4 is 0 Å². The van der Waals surface area contributed by atoms with Crippen molar-refractivity contribution < 1.29 is 19.1 Å². The number of aryl methyl sites for hydroxylation is 1. The summed E-state index contributed by atoms with van der Waals surface area (Å²) in [5, 5.41) is 0. The van der Waals surface area contributed by atoms with Crippen LogP contribution in [0.15, 0.2) is 24.3 Å². The van der Waals surface area contributed by atoms with E-state index >= 15 is 0 Å². The van der Waals surface area contributed by atoms with Crippen LogP contribution in [-0.2, 0) is 19.1 Å². The van der Waals surface area contributed by atoms with Crippen LogP contribution in [0.5, 0.6) is 0 Å². The van der Waals surface area contributed by atoms with Crippen molar-refractivity contribution >= 4 is 17.8 Å². The number of hydrogen-bond acceptors (Lipinski definition) is 4. The van der Waals surface area contributed by atoms with E-state index in [0.717, 1.165) is 36.8 Å². The predicted octanol–water partition coefficient (Wildman–Crippen LogP) is 3.16. The first-order chi connectivity index (χ1) is 12.0. The van der Waals surface area contributed by atoms with E-state index < -0.39 is 0 Å². The van der Waals surface area contributed by atoms with Gasteiger partial charge in [-0.2, -0.15) is 0 Å². The Kier molecular flexibility index (Phi) is 5.21. The quantitative estimate of drug-likeness (QED) is 0.608. The lowest BCUT2D eigenvalue weighted by atomic mass is 9.81. The van der Waals surface area contributed by atoms with E-state index in [4.69, 9.17) is 4.74 Å². The molecule has 0 N–H and O–H groups in total. The molecule has 1 saturated carbocycles. The summed E-state index contributed by atoms with van der Waals surface area (Å²) in [6.45, 7) is 3.95. The number of hydrogen-bond donors (Lipinski definition) is 0. The number of ether oxygens (including phenoxy) is 1. The highest BCUT2D eigenvalue weighted by Crippen LogP contribution is 2.38. The zero-order chi connectivity index (χ0) is 18.0. The third-order valence-corrected chi connectivity index (χ3v) is 5.33. The van der Waals surface area contributed by atoms with Crippen molar-refractivity contribution in [1.82, 2.24) is 4.90 Å². The molecule has 25 heavy (non-hydrogen) atoms. The van der Waals surface area contributed by atoms with E-state index in [0.29, 0.717) is 0 Å². The Hall–Kier alpha value is -2.17. The minimum Gasteiger partial charge on any atom is -0.458 e. The Labute approximate surface area is 148 Å². The number of likely N-dealkylation sites (tertiary alicyclic amines) is 1. The second-order valence-corrected chi connectivity index (χ2v) is 7.12. The highest BCUT2D eigenvalue weighted by Gasteiger charge is 2.47. The second kappa shape index (κ2) is 7.38. The first-order valence-electron chi connectivity index (χ1n) is 9.08. The molecule has 1 saturated heterocycles. The van der Waals surface area contributed by atoms with Gasteiger partial charge in [0, 0.05) is 6.54 Å². The molecule has 3 atom stereocenters. The van der Waals surface area contributed by atoms with Crippen LogP contribution in [0.3, 0.4) is 0 Å². The zero-order valence-corrected chi connectivity index (χ0v) is 14.9. The number of carbonyl (C=O) groups excluding carboxylic acids is 3. The van der Waals surface area contributed by atoms with Gasteiger partial charge in [0.2, 0.25) is 11.8 Å². The summed E-state index contributed by atoms with van der Waals surface area (Å²) in [7, 11) is 0. The second-order valence-electron chi connectivity index (χ2n) is 7.12. The van der Waals surface area contributed by atoms with Crippen LogP contribution in [-0.4, -0.2) is 29.2 Å². The lowest BCUT2D eigenvalue weighted by Gasteiger charge is -2.19. The molecule has 1 aromatic carbocycles. The van der Waals surface area contributed by atoms with Crippen molar-refractivity contribution in [3.63, 3.8) is 0 Å². The molecule has 0 aromatic heterocycles. The standard InChI is InChI=1S/C20H25NO4/c1-13-7-9-15(10-8-13)14(2)25-18(22)11-12-21-19(23)16-5-3-4-6-17(16)20(21)24/h7-10,14,16-17H,3-6,11-12H2,1-2H3/t14-,16-,17+/m0/s1. The molecule has 5 nitrogen and oxygen atoms in total. The molecule has 2 fully saturated rings. The first kappa shape index (κ1) is 17.6. The Morgan fingerprint density at radius 1 is 1.12 bits per heavy atom. The fourth-order valence-electron chi connectivity index (χ4n) is 3.82. The van der Waals surface area contributed by atoms with Gasteiger partial charge >= 0.3 is 5.97 Å². The minimum atomic E-state index is -0.386. The normalized spacial score (nSPS) is 24.2. The van der Waals surface area contributed by atoms with Gasteiger partial charge < -0.3 is 4.74 Å². The number of amides is 2. The molecular formula is C20H25NO4. The minimum absolute atomic E-state index is 0.0487. The van der Waals surface area contributed by atoms with Gasteiger partial charge in [-0.05, 0) is 32.3 Å². The summed E-state index contributed by atoms with van der Waals surface area (Å²) in [4.78, 5) is 38.2. The van der Waals surface area contributed by atoms with Gasteiger partial charge in [-0.25, -0.2) is 0 Å². The number of carbonyl (C=O) groups is 3. The number of nitrogens with zero attached hydrogens (tertiary/aromatic N) is 1. The largest absolute Gasteiger partial charge is 0.458 e. The molecule has 0 spiro atoms. The SMILES string of the molecule is Cc1ccc([C@H](C)OC(=O)CCN2C(=O)[C@H]3CCCC[C@H]3C2=O)cc1. The molecule has 0 radical (unpaired) electrons.